The largest absolute Gasteiger partial charge is 0.478 e. The van der Waals surface area contributed by atoms with Crippen LogP contribution < -0.4 is 10.1 Å². The van der Waals surface area contributed by atoms with Crippen LogP contribution in [0.5, 0.6) is 5.75 Å². The maximum absolute atomic E-state index is 12.8. The third-order valence-corrected chi connectivity index (χ3v) is 6.04. The van der Waals surface area contributed by atoms with Crippen LogP contribution in [0.25, 0.3) is 0 Å². The first-order chi connectivity index (χ1) is 13.4. The van der Waals surface area contributed by atoms with E-state index in [4.69, 9.17) is 16.3 Å². The normalized spacial score (nSPS) is 20.7. The minimum absolute atomic E-state index is 0.000661. The monoisotopic (exact) mass is 398 g/mol. The molecule has 5 nitrogen and oxygen atoms in total. The Balaban J connectivity index is 1.38. The number of rotatable bonds is 3. The highest BCUT2D eigenvalue weighted by Crippen LogP contribution is 2.36. The molecule has 0 aromatic heterocycles. The van der Waals surface area contributed by atoms with E-state index in [-0.39, 0.29) is 23.7 Å². The van der Waals surface area contributed by atoms with Crippen molar-refractivity contribution >= 4 is 29.1 Å². The van der Waals surface area contributed by atoms with Gasteiger partial charge in [0.15, 0.2) is 6.10 Å². The van der Waals surface area contributed by atoms with Crippen LogP contribution in [0.4, 0.5) is 5.69 Å². The number of ether oxygens (including phenoxy) is 1. The fourth-order valence-electron chi connectivity index (χ4n) is 3.92. The molecule has 0 spiro atoms. The van der Waals surface area contributed by atoms with Gasteiger partial charge in [0.2, 0.25) is 5.91 Å². The van der Waals surface area contributed by atoms with Gasteiger partial charge in [0.25, 0.3) is 5.91 Å². The van der Waals surface area contributed by atoms with Gasteiger partial charge in [-0.25, -0.2) is 0 Å². The molecule has 0 aliphatic carbocycles. The molecular weight excluding hydrogens is 376 g/mol. The fraction of sp³-hybridized carbons (Fsp3) is 0.364. The minimum Gasteiger partial charge on any atom is -0.478 e. The Morgan fingerprint density at radius 1 is 1.21 bits per heavy atom. The number of para-hydroxylation sites is 2. The number of nitrogens with zero attached hydrogens (tertiary/aromatic N) is 1. The van der Waals surface area contributed by atoms with Crippen LogP contribution in [0.1, 0.15) is 31.7 Å². The van der Waals surface area contributed by atoms with Crippen molar-refractivity contribution in [2.45, 2.75) is 37.7 Å². The van der Waals surface area contributed by atoms with Gasteiger partial charge in [-0.2, -0.15) is 0 Å². The summed E-state index contributed by atoms with van der Waals surface area (Å²) in [7, 11) is 0. The molecule has 2 heterocycles. The van der Waals surface area contributed by atoms with Gasteiger partial charge < -0.3 is 15.0 Å². The first kappa shape index (κ1) is 18.8. The van der Waals surface area contributed by atoms with Gasteiger partial charge in [-0.3, -0.25) is 9.59 Å². The summed E-state index contributed by atoms with van der Waals surface area (Å²) in [4.78, 5) is 26.9. The van der Waals surface area contributed by atoms with E-state index >= 15 is 0 Å². The molecular formula is C22H23ClN2O3. The molecule has 2 aliphatic rings. The molecule has 0 saturated carbocycles. The van der Waals surface area contributed by atoms with Crippen molar-refractivity contribution in [3.05, 3.63) is 59.1 Å². The number of likely N-dealkylation sites (tertiary alicyclic amines) is 1. The van der Waals surface area contributed by atoms with Gasteiger partial charge >= 0.3 is 0 Å². The number of benzene rings is 2. The third-order valence-electron chi connectivity index (χ3n) is 5.81. The lowest BCUT2D eigenvalue weighted by Gasteiger charge is -2.40. The van der Waals surface area contributed by atoms with E-state index in [1.807, 2.05) is 35.2 Å². The predicted molar refractivity (Wildman–Crippen MR) is 109 cm³/mol. The Bertz CT molecular complexity index is 906. The molecule has 6 heteroatoms. The summed E-state index contributed by atoms with van der Waals surface area (Å²) in [6, 6.07) is 15.2. The first-order valence-electron chi connectivity index (χ1n) is 9.55. The van der Waals surface area contributed by atoms with E-state index in [1.165, 1.54) is 5.56 Å². The quantitative estimate of drug-likeness (QED) is 0.849. The summed E-state index contributed by atoms with van der Waals surface area (Å²) in [6.45, 7) is 3.54. The van der Waals surface area contributed by atoms with Crippen molar-refractivity contribution < 1.29 is 14.3 Å². The predicted octanol–water partition coefficient (Wildman–Crippen LogP) is 4.01. The number of carbonyl (C=O) groups excluding carboxylic acids is 2. The van der Waals surface area contributed by atoms with E-state index < -0.39 is 6.10 Å². The van der Waals surface area contributed by atoms with Gasteiger partial charge in [0.1, 0.15) is 5.75 Å². The molecule has 2 aromatic rings. The van der Waals surface area contributed by atoms with Crippen molar-refractivity contribution in [1.29, 1.82) is 0 Å². The van der Waals surface area contributed by atoms with E-state index in [0.717, 1.165) is 17.9 Å². The van der Waals surface area contributed by atoms with E-state index in [1.54, 1.807) is 12.1 Å². The molecule has 0 radical (unpaired) electrons. The summed E-state index contributed by atoms with van der Waals surface area (Å²) in [5.74, 6) is 0.285. The van der Waals surface area contributed by atoms with Crippen molar-refractivity contribution in [3.63, 3.8) is 0 Å². The number of hydrogen-bond donors (Lipinski definition) is 1. The second kappa shape index (κ2) is 7.47. The van der Waals surface area contributed by atoms with Crippen molar-refractivity contribution in [2.75, 3.05) is 18.4 Å². The lowest BCUT2D eigenvalue weighted by Crippen LogP contribution is -2.47. The molecule has 2 amide bonds. The summed E-state index contributed by atoms with van der Waals surface area (Å²) in [5.41, 5.74) is 1.85. The molecule has 2 aliphatic heterocycles. The number of anilines is 1. The maximum Gasteiger partial charge on any atom is 0.266 e. The number of fused-ring (bicyclic) bond motifs is 1. The number of piperidine rings is 1. The number of carbonyl (C=O) groups is 2. The molecule has 1 unspecified atom stereocenters. The van der Waals surface area contributed by atoms with E-state index in [0.29, 0.717) is 24.5 Å². The standard InChI is InChI=1S/C22H23ClN2O3/c1-22(15-5-4-6-16(23)13-15)9-11-25(12-10-22)20(26)14-19-21(27)24-17-7-2-3-8-18(17)28-19/h2-8,13,19H,9-12,14H2,1H3,(H,24,27). The Labute approximate surface area is 169 Å². The summed E-state index contributed by atoms with van der Waals surface area (Å²) in [5, 5.41) is 3.55. The average Bonchev–Trinajstić information content (AvgIpc) is 2.69. The lowest BCUT2D eigenvalue weighted by molar-refractivity contribution is -0.138. The Morgan fingerprint density at radius 2 is 1.96 bits per heavy atom. The molecule has 1 saturated heterocycles. The van der Waals surface area contributed by atoms with Crippen LogP contribution in [0.2, 0.25) is 5.02 Å². The SMILES string of the molecule is CC1(c2cccc(Cl)c2)CCN(C(=O)CC2Oc3ccccc3NC2=O)CC1. The van der Waals surface area contributed by atoms with Crippen LogP contribution >= 0.6 is 11.6 Å². The highest BCUT2D eigenvalue weighted by Gasteiger charge is 2.36. The van der Waals surface area contributed by atoms with Crippen LogP contribution in [0.15, 0.2) is 48.5 Å². The minimum atomic E-state index is -0.788. The highest BCUT2D eigenvalue weighted by molar-refractivity contribution is 6.30. The number of hydrogen-bond acceptors (Lipinski definition) is 3. The van der Waals surface area contributed by atoms with Crippen molar-refractivity contribution in [1.82, 2.24) is 4.90 Å². The highest BCUT2D eigenvalue weighted by atomic mass is 35.5. The molecule has 28 heavy (non-hydrogen) atoms. The lowest BCUT2D eigenvalue weighted by atomic mass is 9.74. The zero-order chi connectivity index (χ0) is 19.7. The Morgan fingerprint density at radius 3 is 2.71 bits per heavy atom. The number of halogens is 1. The molecule has 146 valence electrons. The maximum atomic E-state index is 12.8. The number of amides is 2. The Kier molecular flexibility index (Phi) is 5.02. The second-order valence-electron chi connectivity index (χ2n) is 7.75. The molecule has 0 bridgehead atoms. The molecule has 2 aromatic carbocycles. The topological polar surface area (TPSA) is 58.6 Å². The zero-order valence-corrected chi connectivity index (χ0v) is 16.5. The first-order valence-corrected chi connectivity index (χ1v) is 9.93. The van der Waals surface area contributed by atoms with E-state index in [2.05, 4.69) is 18.3 Å². The van der Waals surface area contributed by atoms with E-state index in [9.17, 15) is 9.59 Å². The van der Waals surface area contributed by atoms with Crippen molar-refractivity contribution in [3.8, 4) is 5.75 Å². The second-order valence-corrected chi connectivity index (χ2v) is 8.18. The zero-order valence-electron chi connectivity index (χ0n) is 15.8. The van der Waals surface area contributed by atoms with Crippen LogP contribution in [-0.2, 0) is 15.0 Å². The van der Waals surface area contributed by atoms with Gasteiger partial charge in [-0.15, -0.1) is 0 Å². The summed E-state index contributed by atoms with van der Waals surface area (Å²) < 4.78 is 5.75. The fourth-order valence-corrected chi connectivity index (χ4v) is 4.11. The van der Waals surface area contributed by atoms with Crippen LogP contribution in [-0.4, -0.2) is 35.9 Å². The van der Waals surface area contributed by atoms with Gasteiger partial charge in [0.05, 0.1) is 12.1 Å². The van der Waals surface area contributed by atoms with Crippen LogP contribution in [0.3, 0.4) is 0 Å². The van der Waals surface area contributed by atoms with Crippen LogP contribution in [0, 0.1) is 0 Å². The van der Waals surface area contributed by atoms with Gasteiger partial charge in [-0.1, -0.05) is 42.8 Å². The number of nitrogens with one attached hydrogen (secondary N) is 1. The molecule has 4 rings (SSSR count). The third kappa shape index (κ3) is 3.72. The smallest absolute Gasteiger partial charge is 0.266 e. The molecule has 1 N–H and O–H groups in total. The summed E-state index contributed by atoms with van der Waals surface area (Å²) in [6.07, 6.45) is 0.983. The molecule has 1 fully saturated rings. The molecule has 1 atom stereocenters. The van der Waals surface area contributed by atoms with Gasteiger partial charge in [0, 0.05) is 18.1 Å². The average molecular weight is 399 g/mol. The van der Waals surface area contributed by atoms with Gasteiger partial charge in [-0.05, 0) is 48.1 Å². The summed E-state index contributed by atoms with van der Waals surface area (Å²) >= 11 is 6.15. The van der Waals surface area contributed by atoms with Crippen molar-refractivity contribution in [2.24, 2.45) is 0 Å². The Hall–Kier alpha value is -2.53.